The molecule has 0 aliphatic heterocycles. The van der Waals surface area contributed by atoms with Gasteiger partial charge in [0.2, 0.25) is 0 Å². The van der Waals surface area contributed by atoms with Gasteiger partial charge in [-0.05, 0) is 34.3 Å². The van der Waals surface area contributed by atoms with Gasteiger partial charge >= 0.3 is 0 Å². The quantitative estimate of drug-likeness (QED) is 0.719. The second-order valence-corrected chi connectivity index (χ2v) is 4.32. The number of fused-ring (bicyclic) bond motifs is 1. The summed E-state index contributed by atoms with van der Waals surface area (Å²) < 4.78 is 1.07. The van der Waals surface area contributed by atoms with E-state index in [-0.39, 0.29) is 0 Å². The summed E-state index contributed by atoms with van der Waals surface area (Å²) in [4.78, 5) is 4.51. The van der Waals surface area contributed by atoms with Crippen LogP contribution in [-0.2, 0) is 0 Å². The zero-order valence-corrected chi connectivity index (χ0v) is 9.52. The summed E-state index contributed by atoms with van der Waals surface area (Å²) in [6, 6.07) is 10.2. The van der Waals surface area contributed by atoms with Gasteiger partial charge in [0.15, 0.2) is 0 Å². The Labute approximate surface area is 89.7 Å². The number of hydrogen-bond donors (Lipinski definition) is 0. The van der Waals surface area contributed by atoms with Crippen molar-refractivity contribution in [3.8, 4) is 0 Å². The van der Waals surface area contributed by atoms with Crippen molar-refractivity contribution in [2.45, 2.75) is 5.03 Å². The minimum absolute atomic E-state index is 1.04. The van der Waals surface area contributed by atoms with Gasteiger partial charge in [-0.15, -0.1) is 11.8 Å². The van der Waals surface area contributed by atoms with Gasteiger partial charge in [0.25, 0.3) is 0 Å². The molecule has 66 valence electrons. The topological polar surface area (TPSA) is 12.9 Å². The van der Waals surface area contributed by atoms with Crippen molar-refractivity contribution in [2.75, 3.05) is 6.26 Å². The largest absolute Gasteiger partial charge is 0.240 e. The van der Waals surface area contributed by atoms with E-state index >= 15 is 0 Å². The van der Waals surface area contributed by atoms with Crippen molar-refractivity contribution in [3.63, 3.8) is 0 Å². The van der Waals surface area contributed by atoms with Crippen molar-refractivity contribution in [2.24, 2.45) is 0 Å². The first-order valence-electron chi connectivity index (χ1n) is 3.90. The van der Waals surface area contributed by atoms with Crippen molar-refractivity contribution in [1.82, 2.24) is 4.98 Å². The first-order valence-corrected chi connectivity index (χ1v) is 5.92. The van der Waals surface area contributed by atoms with Gasteiger partial charge < -0.3 is 0 Å². The average molecular weight is 254 g/mol. The third-order valence-corrected chi connectivity index (χ3v) is 3.40. The van der Waals surface area contributed by atoms with E-state index in [0.717, 1.165) is 15.0 Å². The third kappa shape index (κ3) is 1.71. The molecule has 0 aliphatic rings. The molecule has 0 N–H and O–H groups in total. The van der Waals surface area contributed by atoms with Crippen LogP contribution in [0.2, 0.25) is 0 Å². The molecule has 0 bridgehead atoms. The molecule has 2 rings (SSSR count). The first-order chi connectivity index (χ1) is 6.31. The van der Waals surface area contributed by atoms with Crippen LogP contribution in [0.4, 0.5) is 0 Å². The van der Waals surface area contributed by atoms with Crippen LogP contribution in [0.25, 0.3) is 10.9 Å². The lowest BCUT2D eigenvalue weighted by Crippen LogP contribution is -1.83. The number of thioether (sulfide) groups is 1. The highest BCUT2D eigenvalue weighted by atomic mass is 79.9. The van der Waals surface area contributed by atoms with Gasteiger partial charge in [0.05, 0.1) is 9.99 Å². The Bertz CT molecular complexity index is 442. The molecule has 0 unspecified atom stereocenters. The van der Waals surface area contributed by atoms with Gasteiger partial charge in [-0.2, -0.15) is 0 Å². The van der Waals surface area contributed by atoms with Gasteiger partial charge in [0.1, 0.15) is 5.03 Å². The molecular formula is C10H8BrNS. The smallest absolute Gasteiger partial charge is 0.111 e. The summed E-state index contributed by atoms with van der Waals surface area (Å²) in [6.07, 6.45) is 2.03. The number of aromatic nitrogens is 1. The molecule has 1 aromatic carbocycles. The van der Waals surface area contributed by atoms with E-state index in [4.69, 9.17) is 0 Å². The van der Waals surface area contributed by atoms with Crippen molar-refractivity contribution >= 4 is 38.6 Å². The minimum Gasteiger partial charge on any atom is -0.240 e. The molecule has 0 aliphatic carbocycles. The zero-order chi connectivity index (χ0) is 9.26. The Hall–Kier alpha value is -0.540. The molecule has 0 saturated heterocycles. The lowest BCUT2D eigenvalue weighted by atomic mass is 10.2. The fourth-order valence-corrected chi connectivity index (χ4v) is 2.48. The van der Waals surface area contributed by atoms with Crippen LogP contribution in [0.15, 0.2) is 39.8 Å². The van der Waals surface area contributed by atoms with E-state index < -0.39 is 0 Å². The van der Waals surface area contributed by atoms with Crippen LogP contribution in [0.3, 0.4) is 0 Å². The van der Waals surface area contributed by atoms with E-state index in [9.17, 15) is 0 Å². The van der Waals surface area contributed by atoms with Gasteiger partial charge in [0, 0.05) is 5.39 Å². The molecule has 0 radical (unpaired) electrons. The molecule has 0 saturated carbocycles. The minimum atomic E-state index is 1.04. The Morgan fingerprint density at radius 3 is 2.85 bits per heavy atom. The van der Waals surface area contributed by atoms with Gasteiger partial charge in [-0.25, -0.2) is 4.98 Å². The summed E-state index contributed by atoms with van der Waals surface area (Å²) in [5.41, 5.74) is 1.05. The highest BCUT2D eigenvalue weighted by Gasteiger charge is 2.01. The molecule has 13 heavy (non-hydrogen) atoms. The van der Waals surface area contributed by atoms with E-state index in [1.807, 2.05) is 24.5 Å². The predicted octanol–water partition coefficient (Wildman–Crippen LogP) is 3.72. The molecule has 1 nitrogen and oxygen atoms in total. The number of rotatable bonds is 1. The molecule has 1 heterocycles. The van der Waals surface area contributed by atoms with E-state index in [0.29, 0.717) is 0 Å². The van der Waals surface area contributed by atoms with Crippen molar-refractivity contribution in [1.29, 1.82) is 0 Å². The summed E-state index contributed by atoms with van der Waals surface area (Å²) in [6.45, 7) is 0. The fourth-order valence-electron chi connectivity index (χ4n) is 1.22. The van der Waals surface area contributed by atoms with Crippen LogP contribution < -0.4 is 0 Å². The zero-order valence-electron chi connectivity index (χ0n) is 7.12. The molecule has 0 amide bonds. The van der Waals surface area contributed by atoms with E-state index in [2.05, 4.69) is 33.0 Å². The van der Waals surface area contributed by atoms with Crippen molar-refractivity contribution < 1.29 is 0 Å². The monoisotopic (exact) mass is 253 g/mol. The van der Waals surface area contributed by atoms with Crippen LogP contribution in [-0.4, -0.2) is 11.2 Å². The maximum absolute atomic E-state index is 4.51. The van der Waals surface area contributed by atoms with E-state index in [1.54, 1.807) is 11.8 Å². The van der Waals surface area contributed by atoms with Gasteiger partial charge in [-0.1, -0.05) is 18.2 Å². The number of pyridine rings is 1. The Kier molecular flexibility index (Phi) is 2.56. The van der Waals surface area contributed by atoms with Gasteiger partial charge in [-0.3, -0.25) is 0 Å². The highest BCUT2D eigenvalue weighted by molar-refractivity contribution is 9.10. The summed E-state index contributed by atoms with van der Waals surface area (Å²) in [5.74, 6) is 0. The standard InChI is InChI=1S/C10H8BrNS/c1-13-10-8(11)6-7-4-2-3-5-9(7)12-10/h2-6H,1H3. The fraction of sp³-hybridized carbons (Fsp3) is 0.100. The lowest BCUT2D eigenvalue weighted by Gasteiger charge is -2.02. The van der Waals surface area contributed by atoms with Crippen molar-refractivity contribution in [3.05, 3.63) is 34.8 Å². The maximum atomic E-state index is 4.51. The van der Waals surface area contributed by atoms with Crippen LogP contribution >= 0.6 is 27.7 Å². The molecule has 2 aromatic rings. The second-order valence-electron chi connectivity index (χ2n) is 2.67. The van der Waals surface area contributed by atoms with Crippen LogP contribution in [0.5, 0.6) is 0 Å². The summed E-state index contributed by atoms with van der Waals surface area (Å²) in [5, 5.41) is 2.21. The molecular weight excluding hydrogens is 246 g/mol. The normalized spacial score (nSPS) is 10.6. The first kappa shape index (κ1) is 9.03. The molecule has 3 heteroatoms. The SMILES string of the molecule is CSc1nc2ccccc2cc1Br. The third-order valence-electron chi connectivity index (χ3n) is 1.84. The molecule has 0 fully saturated rings. The number of halogens is 1. The summed E-state index contributed by atoms with van der Waals surface area (Å²) >= 11 is 5.15. The highest BCUT2D eigenvalue weighted by Crippen LogP contribution is 2.27. The Morgan fingerprint density at radius 1 is 1.31 bits per heavy atom. The number of para-hydroxylation sites is 1. The molecule has 1 aromatic heterocycles. The summed E-state index contributed by atoms with van der Waals surface area (Å²) in [7, 11) is 0. The number of benzene rings is 1. The number of hydrogen-bond acceptors (Lipinski definition) is 2. The van der Waals surface area contributed by atoms with Crippen LogP contribution in [0.1, 0.15) is 0 Å². The Morgan fingerprint density at radius 2 is 2.08 bits per heavy atom. The Balaban J connectivity index is 2.74. The number of nitrogens with zero attached hydrogens (tertiary/aromatic N) is 1. The lowest BCUT2D eigenvalue weighted by molar-refractivity contribution is 1.17. The maximum Gasteiger partial charge on any atom is 0.111 e. The van der Waals surface area contributed by atoms with Crippen LogP contribution in [0, 0.1) is 0 Å². The predicted molar refractivity (Wildman–Crippen MR) is 61.2 cm³/mol. The molecule has 0 spiro atoms. The molecule has 0 atom stereocenters. The second kappa shape index (κ2) is 3.68. The van der Waals surface area contributed by atoms with E-state index in [1.165, 1.54) is 5.39 Å². The average Bonchev–Trinajstić information content (AvgIpc) is 2.17.